The summed E-state index contributed by atoms with van der Waals surface area (Å²) in [6, 6.07) is 6.04. The Kier molecular flexibility index (Phi) is 4.20. The molecule has 1 unspecified atom stereocenters. The van der Waals surface area contributed by atoms with Crippen LogP contribution in [-0.4, -0.2) is 29.1 Å². The molecule has 1 amide bonds. The molecule has 1 saturated heterocycles. The van der Waals surface area contributed by atoms with Crippen LogP contribution in [0, 0.1) is 12.8 Å². The minimum Gasteiger partial charge on any atom is -0.381 e. The number of rotatable bonds is 4. The third kappa shape index (κ3) is 3.42. The zero-order chi connectivity index (χ0) is 14.7. The molecule has 2 aromatic rings. The van der Waals surface area contributed by atoms with Crippen LogP contribution < -0.4 is 5.32 Å². The first kappa shape index (κ1) is 14.1. The second-order valence-corrected chi connectivity index (χ2v) is 5.72. The minimum absolute atomic E-state index is 0.0719. The second-order valence-electron chi connectivity index (χ2n) is 5.72. The molecule has 1 aromatic heterocycles. The number of nitrogens with zero attached hydrogens (tertiary/aromatic N) is 1. The Bertz CT molecular complexity index is 629. The fraction of sp³-hybridized carbons (Fsp3) is 0.500. The van der Waals surface area contributed by atoms with Crippen LogP contribution in [0.25, 0.3) is 11.0 Å². The Labute approximate surface area is 124 Å². The molecule has 21 heavy (non-hydrogen) atoms. The van der Waals surface area contributed by atoms with Gasteiger partial charge >= 0.3 is 0 Å². The quantitative estimate of drug-likeness (QED) is 0.906. The first-order valence-corrected chi connectivity index (χ1v) is 7.51. The van der Waals surface area contributed by atoms with Gasteiger partial charge in [0.2, 0.25) is 5.91 Å². The number of para-hydroxylation sites is 1. The van der Waals surface area contributed by atoms with Crippen molar-refractivity contribution in [2.75, 3.05) is 13.2 Å². The number of amides is 1. The van der Waals surface area contributed by atoms with E-state index in [1.165, 1.54) is 0 Å². The molecule has 0 radical (unpaired) electrons. The van der Waals surface area contributed by atoms with E-state index in [9.17, 15) is 4.79 Å². The van der Waals surface area contributed by atoms with Crippen molar-refractivity contribution in [2.24, 2.45) is 5.92 Å². The third-order valence-corrected chi connectivity index (χ3v) is 3.95. The van der Waals surface area contributed by atoms with Crippen molar-refractivity contribution in [3.05, 3.63) is 29.6 Å². The predicted molar refractivity (Wildman–Crippen MR) is 80.8 cm³/mol. The number of imidazole rings is 1. The number of aryl methyl sites for hydroxylation is 1. The minimum atomic E-state index is 0.0719. The maximum Gasteiger partial charge on any atom is 0.220 e. The lowest BCUT2D eigenvalue weighted by Gasteiger charge is -2.21. The summed E-state index contributed by atoms with van der Waals surface area (Å²) in [6.45, 7) is 4.02. The molecule has 1 atom stereocenters. The highest BCUT2D eigenvalue weighted by atomic mass is 16.5. The van der Waals surface area contributed by atoms with Gasteiger partial charge < -0.3 is 15.0 Å². The molecule has 0 aliphatic carbocycles. The van der Waals surface area contributed by atoms with Crippen LogP contribution >= 0.6 is 0 Å². The zero-order valence-electron chi connectivity index (χ0n) is 12.3. The van der Waals surface area contributed by atoms with Gasteiger partial charge in [0.25, 0.3) is 0 Å². The topological polar surface area (TPSA) is 67.0 Å². The summed E-state index contributed by atoms with van der Waals surface area (Å²) in [5.41, 5.74) is 3.13. The van der Waals surface area contributed by atoms with Crippen LogP contribution in [-0.2, 0) is 16.1 Å². The van der Waals surface area contributed by atoms with E-state index in [0.717, 1.165) is 41.9 Å². The van der Waals surface area contributed by atoms with Crippen molar-refractivity contribution in [1.82, 2.24) is 15.3 Å². The molecule has 112 valence electrons. The molecule has 1 aliphatic rings. The predicted octanol–water partition coefficient (Wildman–Crippen LogP) is 2.30. The van der Waals surface area contributed by atoms with E-state index >= 15 is 0 Å². The SMILES string of the molecule is Cc1cccc2[nH]c(CNC(=O)CC3CCCOC3)nc12. The maximum absolute atomic E-state index is 12.0. The van der Waals surface area contributed by atoms with Gasteiger partial charge in [-0.05, 0) is 37.3 Å². The van der Waals surface area contributed by atoms with E-state index in [0.29, 0.717) is 25.5 Å². The smallest absolute Gasteiger partial charge is 0.220 e. The Morgan fingerprint density at radius 1 is 1.52 bits per heavy atom. The second kappa shape index (κ2) is 6.26. The lowest BCUT2D eigenvalue weighted by Crippen LogP contribution is -2.28. The van der Waals surface area contributed by atoms with E-state index in [-0.39, 0.29) is 5.91 Å². The van der Waals surface area contributed by atoms with E-state index in [1.54, 1.807) is 0 Å². The highest BCUT2D eigenvalue weighted by molar-refractivity contribution is 5.79. The number of carbonyl (C=O) groups is 1. The fourth-order valence-corrected chi connectivity index (χ4v) is 2.80. The Morgan fingerprint density at radius 3 is 3.19 bits per heavy atom. The largest absolute Gasteiger partial charge is 0.381 e. The normalized spacial score (nSPS) is 18.8. The molecular weight excluding hydrogens is 266 g/mol. The van der Waals surface area contributed by atoms with Crippen LogP contribution in [0.2, 0.25) is 0 Å². The van der Waals surface area contributed by atoms with Crippen LogP contribution in [0.5, 0.6) is 0 Å². The van der Waals surface area contributed by atoms with Crippen molar-refractivity contribution >= 4 is 16.9 Å². The number of hydrogen-bond donors (Lipinski definition) is 2. The molecule has 0 bridgehead atoms. The number of aromatic amines is 1. The summed E-state index contributed by atoms with van der Waals surface area (Å²) in [7, 11) is 0. The lowest BCUT2D eigenvalue weighted by atomic mass is 9.98. The number of fused-ring (bicyclic) bond motifs is 1. The highest BCUT2D eigenvalue weighted by Gasteiger charge is 2.17. The maximum atomic E-state index is 12.0. The number of nitrogens with one attached hydrogen (secondary N) is 2. The van der Waals surface area contributed by atoms with E-state index < -0.39 is 0 Å². The standard InChI is InChI=1S/C16H21N3O2/c1-11-4-2-6-13-16(11)19-14(18-13)9-17-15(20)8-12-5-3-7-21-10-12/h2,4,6,12H,3,5,7-10H2,1H3,(H,17,20)(H,18,19). The molecule has 2 N–H and O–H groups in total. The molecule has 2 heterocycles. The molecule has 1 aromatic carbocycles. The number of H-pyrrole nitrogens is 1. The van der Waals surface area contributed by atoms with E-state index in [2.05, 4.69) is 15.3 Å². The van der Waals surface area contributed by atoms with Crippen LogP contribution in [0.4, 0.5) is 0 Å². The van der Waals surface area contributed by atoms with Crippen molar-refractivity contribution in [1.29, 1.82) is 0 Å². The van der Waals surface area contributed by atoms with Gasteiger partial charge in [-0.25, -0.2) is 4.98 Å². The van der Waals surface area contributed by atoms with Crippen molar-refractivity contribution < 1.29 is 9.53 Å². The van der Waals surface area contributed by atoms with Crippen molar-refractivity contribution in [3.8, 4) is 0 Å². The van der Waals surface area contributed by atoms with Gasteiger partial charge in [0, 0.05) is 19.6 Å². The summed E-state index contributed by atoms with van der Waals surface area (Å²) in [4.78, 5) is 19.7. The zero-order valence-corrected chi connectivity index (χ0v) is 12.3. The molecular formula is C16H21N3O2. The number of aromatic nitrogens is 2. The summed E-state index contributed by atoms with van der Waals surface area (Å²) in [5.74, 6) is 1.23. The van der Waals surface area contributed by atoms with Crippen LogP contribution in [0.3, 0.4) is 0 Å². The summed E-state index contributed by atoms with van der Waals surface area (Å²) < 4.78 is 5.40. The average molecular weight is 287 g/mol. The molecule has 5 heteroatoms. The van der Waals surface area contributed by atoms with E-state index in [1.807, 2.05) is 25.1 Å². The van der Waals surface area contributed by atoms with Gasteiger partial charge in [0.15, 0.2) is 0 Å². The molecule has 5 nitrogen and oxygen atoms in total. The van der Waals surface area contributed by atoms with Gasteiger partial charge in [0.05, 0.1) is 17.6 Å². The fourth-order valence-electron chi connectivity index (χ4n) is 2.80. The molecule has 3 rings (SSSR count). The van der Waals surface area contributed by atoms with Crippen LogP contribution in [0.15, 0.2) is 18.2 Å². The Balaban J connectivity index is 1.55. The molecule has 0 saturated carbocycles. The third-order valence-electron chi connectivity index (χ3n) is 3.95. The van der Waals surface area contributed by atoms with Crippen LogP contribution in [0.1, 0.15) is 30.7 Å². The number of ether oxygens (including phenoxy) is 1. The van der Waals surface area contributed by atoms with Gasteiger partial charge in [-0.3, -0.25) is 4.79 Å². The van der Waals surface area contributed by atoms with Gasteiger partial charge in [-0.2, -0.15) is 0 Å². The lowest BCUT2D eigenvalue weighted by molar-refractivity contribution is -0.123. The Hall–Kier alpha value is -1.88. The van der Waals surface area contributed by atoms with E-state index in [4.69, 9.17) is 4.74 Å². The first-order valence-electron chi connectivity index (χ1n) is 7.51. The first-order chi connectivity index (χ1) is 10.2. The van der Waals surface area contributed by atoms with Gasteiger partial charge in [0.1, 0.15) is 5.82 Å². The molecule has 1 aliphatic heterocycles. The van der Waals surface area contributed by atoms with Crippen molar-refractivity contribution in [3.63, 3.8) is 0 Å². The summed E-state index contributed by atoms with van der Waals surface area (Å²) in [5, 5.41) is 2.94. The molecule has 1 fully saturated rings. The van der Waals surface area contributed by atoms with Gasteiger partial charge in [-0.1, -0.05) is 12.1 Å². The Morgan fingerprint density at radius 2 is 2.43 bits per heavy atom. The van der Waals surface area contributed by atoms with Gasteiger partial charge in [-0.15, -0.1) is 0 Å². The number of carbonyl (C=O) groups excluding carboxylic acids is 1. The monoisotopic (exact) mass is 287 g/mol. The average Bonchev–Trinajstić information content (AvgIpc) is 2.91. The molecule has 0 spiro atoms. The number of benzene rings is 1. The summed E-state index contributed by atoms with van der Waals surface area (Å²) in [6.07, 6.45) is 2.68. The highest BCUT2D eigenvalue weighted by Crippen LogP contribution is 2.17. The summed E-state index contributed by atoms with van der Waals surface area (Å²) >= 11 is 0. The number of hydrogen-bond acceptors (Lipinski definition) is 3. The van der Waals surface area contributed by atoms with Crippen molar-refractivity contribution in [2.45, 2.75) is 32.7 Å².